The topological polar surface area (TPSA) is 49.9 Å². The molecule has 0 unspecified atom stereocenters. The molecule has 182 valence electrons. The molecule has 1 atom stereocenters. The molecule has 1 aliphatic heterocycles. The third-order valence-electron chi connectivity index (χ3n) is 6.74. The van der Waals surface area contributed by atoms with E-state index < -0.39 is 11.7 Å². The minimum Gasteiger partial charge on any atom is -0.491 e. The van der Waals surface area contributed by atoms with Gasteiger partial charge in [-0.15, -0.1) is 11.3 Å². The van der Waals surface area contributed by atoms with Gasteiger partial charge in [0.1, 0.15) is 24.7 Å². The molecule has 3 aromatic rings. The van der Waals surface area contributed by atoms with Crippen molar-refractivity contribution in [1.29, 1.82) is 0 Å². The fraction of sp³-hybridized carbons (Fsp3) is 0.357. The van der Waals surface area contributed by atoms with Crippen molar-refractivity contribution in [1.82, 2.24) is 9.80 Å². The lowest BCUT2D eigenvalue weighted by molar-refractivity contribution is -0.135. The van der Waals surface area contributed by atoms with Gasteiger partial charge >= 0.3 is 0 Å². The van der Waals surface area contributed by atoms with Crippen LogP contribution in [0.5, 0.6) is 5.75 Å². The Morgan fingerprint density at radius 2 is 1.89 bits per heavy atom. The maximum Gasteiger partial charge on any atom is 0.257 e. The van der Waals surface area contributed by atoms with Crippen LogP contribution in [0.3, 0.4) is 0 Å². The molecule has 2 aliphatic rings. The summed E-state index contributed by atoms with van der Waals surface area (Å²) in [5.41, 5.74) is 2.28. The molecule has 0 saturated heterocycles. The summed E-state index contributed by atoms with van der Waals surface area (Å²) in [5.74, 6) is 0.0178. The summed E-state index contributed by atoms with van der Waals surface area (Å²) < 4.78 is 20.5. The second-order valence-corrected chi connectivity index (χ2v) is 10.4. The van der Waals surface area contributed by atoms with Crippen molar-refractivity contribution in [3.8, 4) is 5.75 Å². The van der Waals surface area contributed by atoms with Gasteiger partial charge in [0.05, 0.1) is 11.6 Å². The third kappa shape index (κ3) is 5.40. The fourth-order valence-electron chi connectivity index (χ4n) is 4.57. The Hall–Kier alpha value is -3.19. The van der Waals surface area contributed by atoms with Gasteiger partial charge in [0, 0.05) is 18.0 Å². The van der Waals surface area contributed by atoms with E-state index >= 15 is 0 Å². The van der Waals surface area contributed by atoms with Crippen molar-refractivity contribution < 1.29 is 18.7 Å². The molecule has 2 heterocycles. The number of carbonyl (C=O) groups excluding carboxylic acids is 2. The minimum atomic E-state index is -0.559. The normalized spacial score (nSPS) is 17.1. The maximum absolute atomic E-state index is 14.4. The van der Waals surface area contributed by atoms with E-state index in [1.54, 1.807) is 23.5 Å². The molecule has 1 fully saturated rings. The van der Waals surface area contributed by atoms with Crippen molar-refractivity contribution in [2.75, 3.05) is 26.2 Å². The lowest BCUT2D eigenvalue weighted by atomic mass is 10.00. The number of amides is 2. The number of carbonyl (C=O) groups is 2. The summed E-state index contributed by atoms with van der Waals surface area (Å²) in [7, 11) is 0. The summed E-state index contributed by atoms with van der Waals surface area (Å²) in [6.07, 6.45) is 2.85. The molecule has 7 heteroatoms. The largest absolute Gasteiger partial charge is 0.491 e. The van der Waals surface area contributed by atoms with Crippen LogP contribution in [0.4, 0.5) is 4.39 Å². The zero-order chi connectivity index (χ0) is 24.4. The number of halogens is 1. The molecule has 0 radical (unpaired) electrons. The number of hydrogen-bond acceptors (Lipinski definition) is 4. The predicted octanol–water partition coefficient (Wildman–Crippen LogP) is 5.25. The molecule has 0 N–H and O–H groups in total. The van der Waals surface area contributed by atoms with E-state index in [9.17, 15) is 14.0 Å². The summed E-state index contributed by atoms with van der Waals surface area (Å²) in [6, 6.07) is 15.7. The van der Waals surface area contributed by atoms with Crippen LogP contribution in [0.25, 0.3) is 0 Å². The lowest BCUT2D eigenvalue weighted by Gasteiger charge is -2.37. The zero-order valence-corrected chi connectivity index (χ0v) is 20.6. The molecular formula is C28H29FN2O3S. The van der Waals surface area contributed by atoms with Crippen LogP contribution in [0.15, 0.2) is 60.0 Å². The van der Waals surface area contributed by atoms with Crippen LogP contribution in [0, 0.1) is 18.7 Å². The van der Waals surface area contributed by atoms with Gasteiger partial charge in [0.15, 0.2) is 0 Å². The first kappa shape index (κ1) is 23.5. The van der Waals surface area contributed by atoms with Crippen LogP contribution >= 0.6 is 11.3 Å². The van der Waals surface area contributed by atoms with Gasteiger partial charge in [-0.2, -0.15) is 0 Å². The average molecular weight is 493 g/mol. The first-order valence-corrected chi connectivity index (χ1v) is 13.0. The monoisotopic (exact) mass is 492 g/mol. The highest BCUT2D eigenvalue weighted by Crippen LogP contribution is 2.35. The number of benzene rings is 2. The summed E-state index contributed by atoms with van der Waals surface area (Å²) in [6.45, 7) is 3.34. The van der Waals surface area contributed by atoms with Crippen molar-refractivity contribution in [3.63, 3.8) is 0 Å². The number of ether oxygens (including phenoxy) is 1. The van der Waals surface area contributed by atoms with Gasteiger partial charge in [-0.25, -0.2) is 4.39 Å². The van der Waals surface area contributed by atoms with Gasteiger partial charge < -0.3 is 14.5 Å². The lowest BCUT2D eigenvalue weighted by Crippen LogP contribution is -2.48. The second kappa shape index (κ2) is 10.2. The average Bonchev–Trinajstić information content (AvgIpc) is 3.55. The molecule has 2 aromatic carbocycles. The highest BCUT2D eigenvalue weighted by Gasteiger charge is 2.35. The minimum absolute atomic E-state index is 0.0129. The number of rotatable bonds is 8. The number of nitrogens with zero attached hydrogens (tertiary/aromatic N) is 2. The Morgan fingerprint density at radius 3 is 2.63 bits per heavy atom. The van der Waals surface area contributed by atoms with E-state index in [1.807, 2.05) is 36.1 Å². The van der Waals surface area contributed by atoms with Gasteiger partial charge in [0.25, 0.3) is 5.91 Å². The first-order valence-electron chi connectivity index (χ1n) is 12.1. The number of fused-ring (bicyclic) bond motifs is 1. The molecule has 2 amide bonds. The molecule has 1 aliphatic carbocycles. The standard InChI is InChI=1S/C28H29FN2O3S/c1-19-6-10-21(11-7-19)34-18-25-23-13-15-35-26(23)12-14-31(25)27(32)17-30(16-20-8-9-20)28(33)22-4-2-3-5-24(22)29/h2-7,10-11,13,15,20,25H,8-9,12,14,16-18H2,1H3/t25-/m1/s1. The molecule has 1 aromatic heterocycles. The first-order chi connectivity index (χ1) is 17.0. The molecule has 5 nitrogen and oxygen atoms in total. The SMILES string of the molecule is Cc1ccc(OC[C@@H]2c3ccsc3CCN2C(=O)CN(CC2CC2)C(=O)c2ccccc2F)cc1. The summed E-state index contributed by atoms with van der Waals surface area (Å²) >= 11 is 1.70. The zero-order valence-electron chi connectivity index (χ0n) is 19.8. The number of thiophene rings is 1. The molecule has 35 heavy (non-hydrogen) atoms. The molecule has 0 spiro atoms. The third-order valence-corrected chi connectivity index (χ3v) is 7.73. The Balaban J connectivity index is 1.34. The number of aryl methyl sites for hydroxylation is 1. The Morgan fingerprint density at radius 1 is 1.11 bits per heavy atom. The quantitative estimate of drug-likeness (QED) is 0.431. The van der Waals surface area contributed by atoms with Gasteiger partial charge in [-0.05, 0) is 73.4 Å². The molecule has 0 bridgehead atoms. The van der Waals surface area contributed by atoms with Crippen LogP contribution in [-0.4, -0.2) is 47.9 Å². The maximum atomic E-state index is 14.4. The summed E-state index contributed by atoms with van der Waals surface area (Å²) in [4.78, 5) is 31.5. The van der Waals surface area contributed by atoms with E-state index in [2.05, 4.69) is 11.4 Å². The Bertz CT molecular complexity index is 1200. The van der Waals surface area contributed by atoms with E-state index in [0.29, 0.717) is 25.6 Å². The van der Waals surface area contributed by atoms with Crippen LogP contribution in [0.1, 0.15) is 45.2 Å². The molecule has 1 saturated carbocycles. The molecule has 5 rings (SSSR count). The highest BCUT2D eigenvalue weighted by molar-refractivity contribution is 7.10. The van der Waals surface area contributed by atoms with E-state index in [0.717, 1.165) is 36.1 Å². The van der Waals surface area contributed by atoms with E-state index in [-0.39, 0.29) is 24.1 Å². The Kier molecular flexibility index (Phi) is 6.86. The highest BCUT2D eigenvalue weighted by atomic mass is 32.1. The van der Waals surface area contributed by atoms with Crippen molar-refractivity contribution in [2.24, 2.45) is 5.92 Å². The van der Waals surface area contributed by atoms with Gasteiger partial charge in [-0.1, -0.05) is 29.8 Å². The van der Waals surface area contributed by atoms with Crippen molar-refractivity contribution in [3.05, 3.63) is 87.4 Å². The van der Waals surface area contributed by atoms with Crippen molar-refractivity contribution >= 4 is 23.2 Å². The van der Waals surface area contributed by atoms with E-state index in [4.69, 9.17) is 4.74 Å². The Labute approximate surface area is 209 Å². The number of hydrogen-bond donors (Lipinski definition) is 0. The van der Waals surface area contributed by atoms with Crippen LogP contribution in [-0.2, 0) is 11.2 Å². The summed E-state index contributed by atoms with van der Waals surface area (Å²) in [5, 5.41) is 2.05. The van der Waals surface area contributed by atoms with Gasteiger partial charge in [0.2, 0.25) is 5.91 Å². The smallest absolute Gasteiger partial charge is 0.257 e. The van der Waals surface area contributed by atoms with Crippen LogP contribution in [0.2, 0.25) is 0 Å². The van der Waals surface area contributed by atoms with E-state index in [1.165, 1.54) is 21.9 Å². The predicted molar refractivity (Wildman–Crippen MR) is 134 cm³/mol. The second-order valence-electron chi connectivity index (χ2n) is 9.39. The van der Waals surface area contributed by atoms with Crippen LogP contribution < -0.4 is 4.74 Å². The van der Waals surface area contributed by atoms with Gasteiger partial charge in [-0.3, -0.25) is 9.59 Å². The fourth-order valence-corrected chi connectivity index (χ4v) is 5.50. The molecular weight excluding hydrogens is 463 g/mol. The van der Waals surface area contributed by atoms with Crippen molar-refractivity contribution in [2.45, 2.75) is 32.2 Å².